The maximum Gasteiger partial charge on any atom is 0.256 e. The molecule has 0 spiro atoms. The van der Waals surface area contributed by atoms with E-state index in [4.69, 9.17) is 21.1 Å². The van der Waals surface area contributed by atoms with Crippen LogP contribution in [0.1, 0.15) is 15.9 Å². The summed E-state index contributed by atoms with van der Waals surface area (Å²) in [5.74, 6) is 0.794. The summed E-state index contributed by atoms with van der Waals surface area (Å²) in [7, 11) is 2.95. The molecule has 3 nitrogen and oxygen atoms in total. The fourth-order valence-electron chi connectivity index (χ4n) is 1.25. The van der Waals surface area contributed by atoms with Gasteiger partial charge in [-0.15, -0.1) is 0 Å². The Morgan fingerprint density at radius 2 is 2.07 bits per heavy atom. The largest absolute Gasteiger partial charge is 0.493 e. The van der Waals surface area contributed by atoms with Gasteiger partial charge >= 0.3 is 0 Å². The fourth-order valence-corrected chi connectivity index (χ4v) is 1.39. The lowest BCUT2D eigenvalue weighted by atomic mass is 10.1. The lowest BCUT2D eigenvalue weighted by Crippen LogP contribution is -1.99. The quantitative estimate of drug-likeness (QED) is 0.741. The lowest BCUT2D eigenvalue weighted by Gasteiger charge is -2.11. The van der Waals surface area contributed by atoms with E-state index in [1.54, 1.807) is 18.2 Å². The minimum Gasteiger partial charge on any atom is -0.493 e. The van der Waals surface area contributed by atoms with E-state index < -0.39 is 5.24 Å². The zero-order chi connectivity index (χ0) is 11.4. The summed E-state index contributed by atoms with van der Waals surface area (Å²) in [6.45, 7) is 3.61. The summed E-state index contributed by atoms with van der Waals surface area (Å²) in [6, 6.07) is 3.32. The first kappa shape index (κ1) is 11.6. The van der Waals surface area contributed by atoms with Crippen molar-refractivity contribution in [2.75, 3.05) is 14.2 Å². The number of carbonyl (C=O) groups is 1. The van der Waals surface area contributed by atoms with Crippen LogP contribution in [0.25, 0.3) is 6.08 Å². The van der Waals surface area contributed by atoms with Crippen LogP contribution in [0.5, 0.6) is 11.5 Å². The number of rotatable bonds is 4. The van der Waals surface area contributed by atoms with Crippen molar-refractivity contribution in [3.05, 3.63) is 29.8 Å². The molecule has 80 valence electrons. The van der Waals surface area contributed by atoms with Gasteiger partial charge in [0.1, 0.15) is 0 Å². The Kier molecular flexibility index (Phi) is 3.74. The van der Waals surface area contributed by atoms with Crippen molar-refractivity contribution < 1.29 is 14.3 Å². The molecule has 0 unspecified atom stereocenters. The first-order chi connectivity index (χ1) is 7.13. The normalized spacial score (nSPS) is 9.53. The van der Waals surface area contributed by atoms with Gasteiger partial charge in [0.15, 0.2) is 11.5 Å². The topological polar surface area (TPSA) is 35.5 Å². The second kappa shape index (κ2) is 4.84. The molecule has 0 fully saturated rings. The molecule has 0 aromatic heterocycles. The van der Waals surface area contributed by atoms with E-state index in [1.807, 2.05) is 0 Å². The van der Waals surface area contributed by atoms with E-state index in [2.05, 4.69) is 6.58 Å². The summed E-state index contributed by atoms with van der Waals surface area (Å²) >= 11 is 5.44. The van der Waals surface area contributed by atoms with Crippen molar-refractivity contribution in [1.82, 2.24) is 0 Å². The molecule has 1 rings (SSSR count). The van der Waals surface area contributed by atoms with Crippen LogP contribution in [0.15, 0.2) is 18.7 Å². The number of hydrogen-bond donors (Lipinski definition) is 0. The van der Waals surface area contributed by atoms with Gasteiger partial charge in [0, 0.05) is 0 Å². The predicted octanol–water partition coefficient (Wildman–Crippen LogP) is 2.73. The first-order valence-electron chi connectivity index (χ1n) is 4.22. The van der Waals surface area contributed by atoms with Crippen LogP contribution in [-0.2, 0) is 0 Å². The fraction of sp³-hybridized carbons (Fsp3) is 0.182. The minimum absolute atomic E-state index is 0.272. The van der Waals surface area contributed by atoms with E-state index in [1.165, 1.54) is 14.2 Å². The van der Waals surface area contributed by atoms with Crippen LogP contribution in [0, 0.1) is 0 Å². The van der Waals surface area contributed by atoms with Gasteiger partial charge in [-0.2, -0.15) is 0 Å². The Morgan fingerprint density at radius 1 is 1.40 bits per heavy atom. The standard InChI is InChI=1S/C11H11ClO3/c1-4-7-5-8(11(12)13)10(15-3)9(6-7)14-2/h4-6H,1H2,2-3H3. The van der Waals surface area contributed by atoms with Crippen LogP contribution in [-0.4, -0.2) is 19.5 Å². The van der Waals surface area contributed by atoms with Crippen LogP contribution in [0.3, 0.4) is 0 Å². The molecule has 0 saturated heterocycles. The highest BCUT2D eigenvalue weighted by Crippen LogP contribution is 2.33. The summed E-state index contributed by atoms with van der Waals surface area (Å²) < 4.78 is 10.1. The maximum atomic E-state index is 11.2. The van der Waals surface area contributed by atoms with Crippen LogP contribution in [0.2, 0.25) is 0 Å². The molecule has 0 heterocycles. The van der Waals surface area contributed by atoms with Crippen molar-refractivity contribution in [2.24, 2.45) is 0 Å². The van der Waals surface area contributed by atoms with Crippen molar-refractivity contribution in [3.8, 4) is 11.5 Å². The number of halogens is 1. The Labute approximate surface area is 93.3 Å². The molecule has 4 heteroatoms. The Hall–Kier alpha value is -1.48. The third kappa shape index (κ3) is 2.30. The van der Waals surface area contributed by atoms with Crippen LogP contribution >= 0.6 is 11.6 Å². The predicted molar refractivity (Wildman–Crippen MR) is 59.8 cm³/mol. The van der Waals surface area contributed by atoms with Gasteiger partial charge in [0.2, 0.25) is 0 Å². The molecule has 1 aromatic rings. The molecule has 0 radical (unpaired) electrons. The maximum absolute atomic E-state index is 11.2. The highest BCUT2D eigenvalue weighted by atomic mass is 35.5. The Morgan fingerprint density at radius 3 is 2.47 bits per heavy atom. The Bertz CT molecular complexity index is 399. The average Bonchev–Trinajstić information content (AvgIpc) is 2.26. The molecule has 0 N–H and O–H groups in total. The van der Waals surface area contributed by atoms with Crippen molar-refractivity contribution in [1.29, 1.82) is 0 Å². The highest BCUT2D eigenvalue weighted by molar-refractivity contribution is 6.68. The van der Waals surface area contributed by atoms with E-state index >= 15 is 0 Å². The van der Waals surface area contributed by atoms with Crippen LogP contribution < -0.4 is 9.47 Å². The molecule has 0 aliphatic carbocycles. The van der Waals surface area contributed by atoms with Crippen molar-refractivity contribution in [3.63, 3.8) is 0 Å². The SMILES string of the molecule is C=Cc1cc(OC)c(OC)c(C(=O)Cl)c1. The zero-order valence-electron chi connectivity index (χ0n) is 8.54. The smallest absolute Gasteiger partial charge is 0.256 e. The molecule has 0 aliphatic rings. The number of carbonyl (C=O) groups excluding carboxylic acids is 1. The van der Waals surface area contributed by atoms with E-state index in [0.717, 1.165) is 5.56 Å². The zero-order valence-corrected chi connectivity index (χ0v) is 9.30. The van der Waals surface area contributed by atoms with Gasteiger partial charge in [-0.05, 0) is 29.3 Å². The molecule has 0 atom stereocenters. The van der Waals surface area contributed by atoms with Crippen molar-refractivity contribution >= 4 is 22.9 Å². The van der Waals surface area contributed by atoms with Gasteiger partial charge in [0.05, 0.1) is 19.8 Å². The van der Waals surface area contributed by atoms with Gasteiger partial charge in [-0.25, -0.2) is 0 Å². The molecule has 0 saturated carbocycles. The number of methoxy groups -OCH3 is 2. The molecule has 0 amide bonds. The lowest BCUT2D eigenvalue weighted by molar-refractivity contribution is 0.107. The first-order valence-corrected chi connectivity index (χ1v) is 4.60. The molecule has 15 heavy (non-hydrogen) atoms. The van der Waals surface area contributed by atoms with E-state index in [0.29, 0.717) is 11.5 Å². The summed E-state index contributed by atoms with van der Waals surface area (Å²) in [5, 5.41) is -0.589. The molecular formula is C11H11ClO3. The molecular weight excluding hydrogens is 216 g/mol. The molecule has 0 aliphatic heterocycles. The van der Waals surface area contributed by atoms with E-state index in [9.17, 15) is 4.79 Å². The third-order valence-electron chi connectivity index (χ3n) is 1.95. The van der Waals surface area contributed by atoms with Gasteiger partial charge < -0.3 is 9.47 Å². The molecule has 1 aromatic carbocycles. The second-order valence-electron chi connectivity index (χ2n) is 2.78. The number of hydrogen-bond acceptors (Lipinski definition) is 3. The molecule has 0 bridgehead atoms. The van der Waals surface area contributed by atoms with Crippen molar-refractivity contribution in [2.45, 2.75) is 0 Å². The van der Waals surface area contributed by atoms with Gasteiger partial charge in [0.25, 0.3) is 5.24 Å². The number of benzene rings is 1. The average molecular weight is 227 g/mol. The minimum atomic E-state index is -0.589. The summed E-state index contributed by atoms with van der Waals surface area (Å²) in [4.78, 5) is 11.2. The second-order valence-corrected chi connectivity index (χ2v) is 3.13. The van der Waals surface area contributed by atoms with E-state index in [-0.39, 0.29) is 5.56 Å². The number of ether oxygens (including phenoxy) is 2. The summed E-state index contributed by atoms with van der Waals surface area (Å²) in [5.41, 5.74) is 1.02. The van der Waals surface area contributed by atoms with Gasteiger partial charge in [-0.3, -0.25) is 4.79 Å². The Balaban J connectivity index is 3.45. The van der Waals surface area contributed by atoms with Crippen LogP contribution in [0.4, 0.5) is 0 Å². The monoisotopic (exact) mass is 226 g/mol. The van der Waals surface area contributed by atoms with Gasteiger partial charge in [-0.1, -0.05) is 12.7 Å². The summed E-state index contributed by atoms with van der Waals surface area (Å²) in [6.07, 6.45) is 1.60. The highest BCUT2D eigenvalue weighted by Gasteiger charge is 2.15. The third-order valence-corrected chi connectivity index (χ3v) is 2.15.